The minimum absolute atomic E-state index is 0.00663. The monoisotopic (exact) mass is 424 g/mol. The second-order valence-corrected chi connectivity index (χ2v) is 9.79. The van der Waals surface area contributed by atoms with Gasteiger partial charge in [0.2, 0.25) is 11.8 Å². The van der Waals surface area contributed by atoms with E-state index in [0.717, 1.165) is 31.4 Å². The van der Waals surface area contributed by atoms with Gasteiger partial charge in [0, 0.05) is 24.9 Å². The highest BCUT2D eigenvalue weighted by Crippen LogP contribution is 2.41. The van der Waals surface area contributed by atoms with Crippen LogP contribution in [0.25, 0.3) is 0 Å². The third-order valence-corrected chi connectivity index (χ3v) is 6.51. The van der Waals surface area contributed by atoms with Gasteiger partial charge in [-0.3, -0.25) is 9.59 Å². The number of likely N-dealkylation sites (tertiary alicyclic amines) is 2. The third kappa shape index (κ3) is 4.35. The topological polar surface area (TPSA) is 40.6 Å². The lowest BCUT2D eigenvalue weighted by molar-refractivity contribution is -0.147. The van der Waals surface area contributed by atoms with Crippen LogP contribution in [0, 0.1) is 5.41 Å². The van der Waals surface area contributed by atoms with Gasteiger partial charge in [-0.1, -0.05) is 39.3 Å². The number of alkyl halides is 3. The van der Waals surface area contributed by atoms with Crippen molar-refractivity contribution in [3.8, 4) is 0 Å². The van der Waals surface area contributed by atoms with Crippen molar-refractivity contribution in [2.24, 2.45) is 5.41 Å². The van der Waals surface area contributed by atoms with E-state index in [9.17, 15) is 22.8 Å². The van der Waals surface area contributed by atoms with Crippen LogP contribution < -0.4 is 0 Å². The molecule has 3 rings (SSSR count). The number of hydrogen-bond acceptors (Lipinski definition) is 2. The molecule has 4 nitrogen and oxygen atoms in total. The number of rotatable bonds is 2. The molecular formula is C23H31F3N2O2. The van der Waals surface area contributed by atoms with E-state index in [1.807, 2.05) is 37.5 Å². The first-order valence-corrected chi connectivity index (χ1v) is 10.6. The summed E-state index contributed by atoms with van der Waals surface area (Å²) in [6.07, 6.45) is -0.817. The maximum Gasteiger partial charge on any atom is 0.416 e. The second-order valence-electron chi connectivity index (χ2n) is 9.79. The molecule has 166 valence electrons. The molecule has 1 aromatic rings. The van der Waals surface area contributed by atoms with E-state index in [0.29, 0.717) is 24.9 Å². The highest BCUT2D eigenvalue weighted by molar-refractivity contribution is 5.83. The minimum atomic E-state index is -4.38. The molecule has 0 aromatic heterocycles. The number of halogens is 3. The Morgan fingerprint density at radius 1 is 1.13 bits per heavy atom. The van der Waals surface area contributed by atoms with Crippen LogP contribution in [-0.4, -0.2) is 39.7 Å². The first-order valence-electron chi connectivity index (χ1n) is 10.6. The summed E-state index contributed by atoms with van der Waals surface area (Å²) in [6, 6.07) is 4.94. The van der Waals surface area contributed by atoms with E-state index in [4.69, 9.17) is 0 Å². The van der Waals surface area contributed by atoms with Gasteiger partial charge in [-0.2, -0.15) is 13.2 Å². The fourth-order valence-electron chi connectivity index (χ4n) is 4.74. The summed E-state index contributed by atoms with van der Waals surface area (Å²) in [5.74, 6) is 0.0888. The third-order valence-electron chi connectivity index (χ3n) is 6.51. The zero-order valence-electron chi connectivity index (χ0n) is 18.2. The average Bonchev–Trinajstić information content (AvgIpc) is 2.97. The predicted octanol–water partition coefficient (Wildman–Crippen LogP) is 5.01. The van der Waals surface area contributed by atoms with E-state index in [1.54, 1.807) is 0 Å². The molecule has 2 amide bonds. The van der Waals surface area contributed by atoms with Gasteiger partial charge >= 0.3 is 6.18 Å². The lowest BCUT2D eigenvalue weighted by atomic mass is 9.83. The van der Waals surface area contributed by atoms with Crippen molar-refractivity contribution in [2.45, 2.75) is 84.1 Å². The number of benzene rings is 1. The first kappa shape index (κ1) is 22.6. The lowest BCUT2D eigenvalue weighted by Gasteiger charge is -2.46. The van der Waals surface area contributed by atoms with Crippen LogP contribution in [0.3, 0.4) is 0 Å². The number of fused-ring (bicyclic) bond motifs is 1. The van der Waals surface area contributed by atoms with E-state index in [2.05, 4.69) is 0 Å². The fraction of sp³-hybridized carbons (Fsp3) is 0.652. The van der Waals surface area contributed by atoms with Crippen molar-refractivity contribution >= 4 is 11.8 Å². The van der Waals surface area contributed by atoms with Crippen molar-refractivity contribution in [3.63, 3.8) is 0 Å². The van der Waals surface area contributed by atoms with Crippen LogP contribution in [0.15, 0.2) is 24.3 Å². The van der Waals surface area contributed by atoms with Gasteiger partial charge in [-0.15, -0.1) is 0 Å². The summed E-state index contributed by atoms with van der Waals surface area (Å²) in [5.41, 5.74) is -1.06. The van der Waals surface area contributed by atoms with Crippen molar-refractivity contribution < 1.29 is 22.8 Å². The quantitative estimate of drug-likeness (QED) is 0.669. The zero-order chi connectivity index (χ0) is 22.3. The SMILES string of the molecule is CC(C)(C)C(=O)N1CC[C@]2(C)[C@H]1CCCCC(=O)N2Cc1ccc(C(F)(F)F)cc1. The van der Waals surface area contributed by atoms with Gasteiger partial charge in [0.25, 0.3) is 0 Å². The molecule has 2 saturated heterocycles. The highest BCUT2D eigenvalue weighted by Gasteiger charge is 2.52. The molecule has 2 atom stereocenters. The Bertz CT molecular complexity index is 798. The van der Waals surface area contributed by atoms with Gasteiger partial charge in [-0.05, 0) is 43.9 Å². The zero-order valence-corrected chi connectivity index (χ0v) is 18.2. The molecule has 2 aliphatic heterocycles. The lowest BCUT2D eigenvalue weighted by Crippen LogP contribution is -2.58. The number of carbonyl (C=O) groups is 2. The molecule has 30 heavy (non-hydrogen) atoms. The molecule has 0 N–H and O–H groups in total. The van der Waals surface area contributed by atoms with Gasteiger partial charge in [0.15, 0.2) is 0 Å². The molecule has 1 aromatic carbocycles. The molecule has 0 aliphatic carbocycles. The van der Waals surface area contributed by atoms with Gasteiger partial charge in [-0.25, -0.2) is 0 Å². The van der Waals surface area contributed by atoms with Crippen LogP contribution in [-0.2, 0) is 22.3 Å². The van der Waals surface area contributed by atoms with Crippen LogP contribution in [0.1, 0.15) is 70.9 Å². The molecule has 0 radical (unpaired) electrons. The number of carbonyl (C=O) groups excluding carboxylic acids is 2. The molecule has 0 unspecified atom stereocenters. The van der Waals surface area contributed by atoms with Crippen LogP contribution in [0.2, 0.25) is 0 Å². The first-order chi connectivity index (χ1) is 13.8. The Balaban J connectivity index is 1.90. The molecule has 7 heteroatoms. The van der Waals surface area contributed by atoms with Gasteiger partial charge in [0.05, 0.1) is 17.1 Å². The van der Waals surface area contributed by atoms with Crippen LogP contribution in [0.4, 0.5) is 13.2 Å². The van der Waals surface area contributed by atoms with Gasteiger partial charge in [0.1, 0.15) is 0 Å². The average molecular weight is 425 g/mol. The summed E-state index contributed by atoms with van der Waals surface area (Å²) in [5, 5.41) is 0. The van der Waals surface area contributed by atoms with Crippen molar-refractivity contribution in [2.75, 3.05) is 6.54 Å². The van der Waals surface area contributed by atoms with Crippen LogP contribution >= 0.6 is 0 Å². The maximum atomic E-state index is 13.1. The standard InChI is InChI=1S/C23H31F3N2O2/c1-21(2,3)20(30)27-14-13-22(4)18(27)7-5-6-8-19(29)28(22)15-16-9-11-17(12-10-16)23(24,25)26/h9-12,18H,5-8,13-15H2,1-4H3/t18-,22-/m1/s1. The predicted molar refractivity (Wildman–Crippen MR) is 108 cm³/mol. The summed E-state index contributed by atoms with van der Waals surface area (Å²) in [6.45, 7) is 8.58. The molecular weight excluding hydrogens is 393 g/mol. The number of nitrogens with zero attached hydrogens (tertiary/aromatic N) is 2. The normalized spacial score (nSPS) is 25.7. The smallest absolute Gasteiger partial charge is 0.337 e. The molecule has 0 saturated carbocycles. The largest absolute Gasteiger partial charge is 0.416 e. The number of hydrogen-bond donors (Lipinski definition) is 0. The molecule has 2 fully saturated rings. The van der Waals surface area contributed by atoms with Gasteiger partial charge < -0.3 is 9.80 Å². The molecule has 0 spiro atoms. The van der Waals surface area contributed by atoms with Crippen molar-refractivity contribution in [3.05, 3.63) is 35.4 Å². The Labute approximate surface area is 176 Å². The van der Waals surface area contributed by atoms with Crippen LogP contribution in [0.5, 0.6) is 0 Å². The minimum Gasteiger partial charge on any atom is -0.337 e. The Morgan fingerprint density at radius 2 is 1.77 bits per heavy atom. The van der Waals surface area contributed by atoms with E-state index in [-0.39, 0.29) is 24.4 Å². The molecule has 0 bridgehead atoms. The summed E-state index contributed by atoms with van der Waals surface area (Å²) < 4.78 is 38.7. The second kappa shape index (κ2) is 7.89. The van der Waals surface area contributed by atoms with Crippen molar-refractivity contribution in [1.82, 2.24) is 9.80 Å². The maximum absolute atomic E-state index is 13.1. The Kier molecular flexibility index (Phi) is 5.95. The van der Waals surface area contributed by atoms with E-state index in [1.165, 1.54) is 12.1 Å². The van der Waals surface area contributed by atoms with E-state index >= 15 is 0 Å². The fourth-order valence-corrected chi connectivity index (χ4v) is 4.74. The number of amides is 2. The Morgan fingerprint density at radius 3 is 2.33 bits per heavy atom. The Hall–Kier alpha value is -2.05. The van der Waals surface area contributed by atoms with E-state index < -0.39 is 22.7 Å². The van der Waals surface area contributed by atoms with Crippen molar-refractivity contribution in [1.29, 1.82) is 0 Å². The molecule has 2 heterocycles. The molecule has 2 aliphatic rings. The summed E-state index contributed by atoms with van der Waals surface area (Å²) in [4.78, 5) is 29.9. The summed E-state index contributed by atoms with van der Waals surface area (Å²) in [7, 11) is 0. The highest BCUT2D eigenvalue weighted by atomic mass is 19.4. The summed E-state index contributed by atoms with van der Waals surface area (Å²) >= 11 is 0.